The topological polar surface area (TPSA) is 61.6 Å². The number of hydrogen-bond donors (Lipinski definition) is 1. The highest BCUT2D eigenvalue weighted by atomic mass is 16.4. The first-order chi connectivity index (χ1) is 12.0. The van der Waals surface area contributed by atoms with Crippen molar-refractivity contribution in [3.63, 3.8) is 0 Å². The number of anilines is 1. The SMILES string of the molecule is CN(C)c1nc2c(C(=O)NC3CC4CCCC(C3)N4C)cccc2o1. The van der Waals surface area contributed by atoms with Gasteiger partial charge in [-0.15, -0.1) is 0 Å². The minimum Gasteiger partial charge on any atom is -0.423 e. The molecule has 2 aliphatic rings. The van der Waals surface area contributed by atoms with Crippen molar-refractivity contribution in [3.8, 4) is 0 Å². The lowest BCUT2D eigenvalue weighted by Crippen LogP contribution is -2.55. The molecule has 1 aromatic carbocycles. The predicted molar refractivity (Wildman–Crippen MR) is 98.0 cm³/mol. The molecule has 0 aliphatic carbocycles. The molecule has 6 nitrogen and oxygen atoms in total. The van der Waals surface area contributed by atoms with Crippen LogP contribution < -0.4 is 10.2 Å². The number of nitrogens with one attached hydrogen (secondary N) is 1. The normalized spacial score (nSPS) is 26.6. The van der Waals surface area contributed by atoms with Crippen molar-refractivity contribution in [1.82, 2.24) is 15.2 Å². The Morgan fingerprint density at radius 2 is 2.00 bits per heavy atom. The van der Waals surface area contributed by atoms with Crippen LogP contribution in [0.1, 0.15) is 42.5 Å². The summed E-state index contributed by atoms with van der Waals surface area (Å²) in [4.78, 5) is 21.7. The van der Waals surface area contributed by atoms with E-state index >= 15 is 0 Å². The predicted octanol–water partition coefficient (Wildman–Crippen LogP) is 2.64. The van der Waals surface area contributed by atoms with Gasteiger partial charge in [0.25, 0.3) is 11.9 Å². The summed E-state index contributed by atoms with van der Waals surface area (Å²) in [5.74, 6) is -0.0446. The Balaban J connectivity index is 1.54. The van der Waals surface area contributed by atoms with Crippen LogP contribution in [0.25, 0.3) is 11.1 Å². The molecule has 1 N–H and O–H groups in total. The lowest BCUT2D eigenvalue weighted by molar-refractivity contribution is 0.0463. The zero-order valence-corrected chi connectivity index (χ0v) is 15.2. The van der Waals surface area contributed by atoms with Crippen molar-refractivity contribution in [1.29, 1.82) is 0 Å². The van der Waals surface area contributed by atoms with Crippen LogP contribution in [-0.4, -0.2) is 55.1 Å². The number of nitrogens with zero attached hydrogens (tertiary/aromatic N) is 3. The monoisotopic (exact) mass is 342 g/mol. The Kier molecular flexibility index (Phi) is 4.15. The van der Waals surface area contributed by atoms with Crippen molar-refractivity contribution in [2.45, 2.75) is 50.2 Å². The van der Waals surface area contributed by atoms with E-state index in [0.717, 1.165) is 12.8 Å². The average molecular weight is 342 g/mol. The summed E-state index contributed by atoms with van der Waals surface area (Å²) < 4.78 is 5.71. The summed E-state index contributed by atoms with van der Waals surface area (Å²) in [6, 6.07) is 7.49. The molecule has 2 fully saturated rings. The molecule has 1 aromatic heterocycles. The molecule has 6 heteroatoms. The maximum Gasteiger partial charge on any atom is 0.297 e. The van der Waals surface area contributed by atoms with E-state index in [1.165, 1.54) is 19.3 Å². The zero-order valence-electron chi connectivity index (χ0n) is 15.2. The molecule has 3 heterocycles. The molecule has 25 heavy (non-hydrogen) atoms. The van der Waals surface area contributed by atoms with E-state index in [-0.39, 0.29) is 11.9 Å². The van der Waals surface area contributed by atoms with Crippen LogP contribution in [0.5, 0.6) is 0 Å². The van der Waals surface area contributed by atoms with Crippen LogP contribution in [0.4, 0.5) is 6.01 Å². The number of aromatic nitrogens is 1. The highest BCUT2D eigenvalue weighted by Crippen LogP contribution is 2.33. The average Bonchev–Trinajstić information content (AvgIpc) is 3.00. The first-order valence-corrected chi connectivity index (χ1v) is 9.12. The number of oxazole rings is 1. The molecule has 2 atom stereocenters. The molecule has 2 aliphatic heterocycles. The molecule has 0 radical (unpaired) electrons. The number of para-hydroxylation sites is 1. The van der Waals surface area contributed by atoms with Gasteiger partial charge in [0, 0.05) is 32.2 Å². The second kappa shape index (κ2) is 6.33. The van der Waals surface area contributed by atoms with E-state index in [1.807, 2.05) is 32.3 Å². The second-order valence-electron chi connectivity index (χ2n) is 7.59. The molecule has 134 valence electrons. The van der Waals surface area contributed by atoms with Crippen molar-refractivity contribution < 1.29 is 9.21 Å². The molecule has 0 saturated carbocycles. The summed E-state index contributed by atoms with van der Waals surface area (Å²) in [5, 5.41) is 3.25. The van der Waals surface area contributed by atoms with Crippen LogP contribution in [0.2, 0.25) is 0 Å². The first-order valence-electron chi connectivity index (χ1n) is 9.12. The fraction of sp³-hybridized carbons (Fsp3) is 0.579. The number of fused-ring (bicyclic) bond motifs is 3. The van der Waals surface area contributed by atoms with Gasteiger partial charge in [-0.2, -0.15) is 4.98 Å². The number of carbonyl (C=O) groups excluding carboxylic acids is 1. The van der Waals surface area contributed by atoms with Gasteiger partial charge >= 0.3 is 0 Å². The largest absolute Gasteiger partial charge is 0.423 e. The van der Waals surface area contributed by atoms with Crippen LogP contribution in [0, 0.1) is 0 Å². The minimum absolute atomic E-state index is 0.0446. The molecular weight excluding hydrogens is 316 g/mol. The number of hydrogen-bond acceptors (Lipinski definition) is 5. The summed E-state index contributed by atoms with van der Waals surface area (Å²) >= 11 is 0. The lowest BCUT2D eigenvalue weighted by Gasteiger charge is -2.47. The Morgan fingerprint density at radius 3 is 2.68 bits per heavy atom. The van der Waals surface area contributed by atoms with Crippen molar-refractivity contribution in [3.05, 3.63) is 23.8 Å². The smallest absolute Gasteiger partial charge is 0.297 e. The van der Waals surface area contributed by atoms with Crippen molar-refractivity contribution >= 4 is 23.0 Å². The number of rotatable bonds is 3. The summed E-state index contributed by atoms with van der Waals surface area (Å²) in [7, 11) is 5.98. The van der Waals surface area contributed by atoms with Crippen LogP contribution in [-0.2, 0) is 0 Å². The number of piperidine rings is 2. The summed E-state index contributed by atoms with van der Waals surface area (Å²) in [6.07, 6.45) is 5.87. The fourth-order valence-corrected chi connectivity index (χ4v) is 4.31. The minimum atomic E-state index is -0.0446. The van der Waals surface area contributed by atoms with E-state index in [4.69, 9.17) is 4.42 Å². The van der Waals surface area contributed by atoms with Crippen LogP contribution in [0.15, 0.2) is 22.6 Å². The standard InChI is InChI=1S/C19H26N4O2/c1-22(2)19-21-17-15(8-5-9-16(17)25-19)18(24)20-12-10-13-6-4-7-14(11-12)23(13)3/h5,8-9,12-14H,4,6-7,10-11H2,1-3H3,(H,20,24). The fourth-order valence-electron chi connectivity index (χ4n) is 4.31. The second-order valence-corrected chi connectivity index (χ2v) is 7.59. The molecule has 2 unspecified atom stereocenters. The van der Waals surface area contributed by atoms with E-state index in [1.54, 1.807) is 4.90 Å². The third-order valence-corrected chi connectivity index (χ3v) is 5.71. The summed E-state index contributed by atoms with van der Waals surface area (Å²) in [6.45, 7) is 0. The van der Waals surface area contributed by atoms with Gasteiger partial charge in [-0.1, -0.05) is 12.5 Å². The van der Waals surface area contributed by atoms with E-state index < -0.39 is 0 Å². The third-order valence-electron chi connectivity index (χ3n) is 5.71. The number of amides is 1. The number of carbonyl (C=O) groups is 1. The van der Waals surface area contributed by atoms with Crippen LogP contribution in [0.3, 0.4) is 0 Å². The van der Waals surface area contributed by atoms with Crippen LogP contribution >= 0.6 is 0 Å². The molecular formula is C19H26N4O2. The van der Waals surface area contributed by atoms with E-state index in [9.17, 15) is 4.79 Å². The van der Waals surface area contributed by atoms with Crippen molar-refractivity contribution in [2.75, 3.05) is 26.0 Å². The van der Waals surface area contributed by atoms with E-state index in [0.29, 0.717) is 34.8 Å². The van der Waals surface area contributed by atoms with Crippen molar-refractivity contribution in [2.24, 2.45) is 0 Å². The third kappa shape index (κ3) is 2.99. The first kappa shape index (κ1) is 16.4. The quantitative estimate of drug-likeness (QED) is 0.929. The molecule has 2 saturated heterocycles. The Labute approximate surface area is 148 Å². The zero-order chi connectivity index (χ0) is 17.6. The van der Waals surface area contributed by atoms with Gasteiger partial charge in [0.05, 0.1) is 5.56 Å². The lowest BCUT2D eigenvalue weighted by atomic mass is 9.82. The molecule has 2 aromatic rings. The molecule has 1 amide bonds. The summed E-state index contributed by atoms with van der Waals surface area (Å²) in [5.41, 5.74) is 1.88. The maximum absolute atomic E-state index is 12.9. The van der Waals surface area contributed by atoms with Gasteiger partial charge in [0.15, 0.2) is 5.58 Å². The Morgan fingerprint density at radius 1 is 1.28 bits per heavy atom. The molecule has 0 spiro atoms. The Bertz CT molecular complexity index is 771. The highest BCUT2D eigenvalue weighted by Gasteiger charge is 2.36. The van der Waals surface area contributed by atoms with Gasteiger partial charge in [0.2, 0.25) is 0 Å². The van der Waals surface area contributed by atoms with Gasteiger partial charge in [0.1, 0.15) is 5.52 Å². The maximum atomic E-state index is 12.9. The van der Waals surface area contributed by atoms with Gasteiger partial charge in [-0.05, 0) is 44.9 Å². The number of benzene rings is 1. The Hall–Kier alpha value is -2.08. The van der Waals surface area contributed by atoms with Gasteiger partial charge in [-0.3, -0.25) is 4.79 Å². The van der Waals surface area contributed by atoms with E-state index in [2.05, 4.69) is 22.2 Å². The van der Waals surface area contributed by atoms with Gasteiger partial charge in [-0.25, -0.2) is 0 Å². The van der Waals surface area contributed by atoms with Gasteiger partial charge < -0.3 is 19.5 Å². The molecule has 2 bridgehead atoms. The molecule has 4 rings (SSSR count). The highest BCUT2D eigenvalue weighted by molar-refractivity contribution is 6.04.